The molecule has 1 heterocycles. The average Bonchev–Trinajstić information content (AvgIpc) is 2.79. The maximum Gasteiger partial charge on any atom is 0.511 e. The third kappa shape index (κ3) is 6.81. The Balaban J connectivity index is 1.92. The van der Waals surface area contributed by atoms with Crippen LogP contribution in [0.4, 0.5) is 10.7 Å². The lowest BCUT2D eigenvalue weighted by Gasteiger charge is -2.23. The molecule has 1 atom stereocenters. The quantitative estimate of drug-likeness (QED) is 0.330. The van der Waals surface area contributed by atoms with Gasteiger partial charge in [-0.05, 0) is 55.8 Å². The van der Waals surface area contributed by atoms with Crippen molar-refractivity contribution >= 4 is 29.7 Å². The van der Waals surface area contributed by atoms with Crippen LogP contribution in [0.25, 0.3) is 0 Å². The number of ether oxygens (including phenoxy) is 3. The van der Waals surface area contributed by atoms with E-state index in [1.165, 1.54) is 12.1 Å². The zero-order valence-electron chi connectivity index (χ0n) is 17.9. The van der Waals surface area contributed by atoms with Crippen LogP contribution in [0, 0.1) is 0 Å². The van der Waals surface area contributed by atoms with Crippen LogP contribution < -0.4 is 10.1 Å². The number of aromatic carboxylic acids is 1. The Morgan fingerprint density at radius 2 is 1.79 bits per heavy atom. The van der Waals surface area contributed by atoms with Crippen molar-refractivity contribution in [2.45, 2.75) is 26.0 Å². The fourth-order valence-corrected chi connectivity index (χ4v) is 3.09. The molecule has 0 saturated carbocycles. The Bertz CT molecular complexity index is 1090. The highest BCUT2D eigenvalue weighted by molar-refractivity contribution is 6.30. The summed E-state index contributed by atoms with van der Waals surface area (Å²) in [6, 6.07) is 12.4. The second kappa shape index (κ2) is 11.1. The number of hydrogen-bond acceptors (Lipinski definition) is 8. The van der Waals surface area contributed by atoms with E-state index in [4.69, 9.17) is 25.8 Å². The van der Waals surface area contributed by atoms with Gasteiger partial charge < -0.3 is 24.6 Å². The van der Waals surface area contributed by atoms with Gasteiger partial charge in [0, 0.05) is 23.0 Å². The fourth-order valence-electron chi connectivity index (χ4n) is 2.91. The van der Waals surface area contributed by atoms with Crippen LogP contribution in [0.5, 0.6) is 5.75 Å². The number of carbonyl (C=O) groups excluding carboxylic acids is 1. The van der Waals surface area contributed by atoms with Gasteiger partial charge in [-0.2, -0.15) is 0 Å². The average molecular weight is 472 g/mol. The van der Waals surface area contributed by atoms with E-state index in [0.29, 0.717) is 27.8 Å². The summed E-state index contributed by atoms with van der Waals surface area (Å²) in [7, 11) is 0. The summed E-state index contributed by atoms with van der Waals surface area (Å²) in [5.74, 6) is -0.311. The predicted octanol–water partition coefficient (Wildman–Crippen LogP) is 4.93. The molecule has 0 spiro atoms. The second-order valence-electron chi connectivity index (χ2n) is 7.08. The second-order valence-corrected chi connectivity index (χ2v) is 7.52. The highest BCUT2D eigenvalue weighted by atomic mass is 35.5. The predicted molar refractivity (Wildman–Crippen MR) is 121 cm³/mol. The first-order chi connectivity index (χ1) is 15.8. The molecule has 9 nitrogen and oxygen atoms in total. The van der Waals surface area contributed by atoms with Gasteiger partial charge in [-0.1, -0.05) is 23.7 Å². The van der Waals surface area contributed by atoms with Crippen molar-refractivity contribution in [1.29, 1.82) is 0 Å². The summed E-state index contributed by atoms with van der Waals surface area (Å²) in [6.07, 6.45) is 2.00. The zero-order chi connectivity index (χ0) is 23.8. The summed E-state index contributed by atoms with van der Waals surface area (Å²) in [5.41, 5.74) is 1.45. The van der Waals surface area contributed by atoms with Crippen LogP contribution in [0.3, 0.4) is 0 Å². The van der Waals surface area contributed by atoms with E-state index in [2.05, 4.69) is 15.3 Å². The van der Waals surface area contributed by atoms with E-state index >= 15 is 0 Å². The third-order valence-corrected chi connectivity index (χ3v) is 4.57. The van der Waals surface area contributed by atoms with Crippen molar-refractivity contribution in [3.63, 3.8) is 0 Å². The molecule has 0 aliphatic heterocycles. The van der Waals surface area contributed by atoms with Gasteiger partial charge in [0.2, 0.25) is 12.7 Å². The van der Waals surface area contributed by atoms with Gasteiger partial charge in [-0.15, -0.1) is 0 Å². The van der Waals surface area contributed by atoms with Crippen LogP contribution in [0.15, 0.2) is 60.9 Å². The largest absolute Gasteiger partial charge is 0.511 e. The van der Waals surface area contributed by atoms with Crippen molar-refractivity contribution in [2.75, 3.05) is 12.1 Å². The van der Waals surface area contributed by atoms with E-state index in [-0.39, 0.29) is 18.5 Å². The Morgan fingerprint density at radius 3 is 2.42 bits per heavy atom. The van der Waals surface area contributed by atoms with Crippen molar-refractivity contribution in [1.82, 2.24) is 9.97 Å². The standard InChI is InChI=1S/C23H22ClN3O6/c1-14(2)33-23(30)32-13-31-19-9-8-17(24)12-18(19)20(27-22-25-10-3-11-26-22)15-4-6-16(7-5-15)21(28)29/h3-12,14,20H,13H2,1-2H3,(H,28,29)(H,25,26,27). The van der Waals surface area contributed by atoms with Crippen LogP contribution in [-0.2, 0) is 9.47 Å². The van der Waals surface area contributed by atoms with Crippen LogP contribution >= 0.6 is 11.6 Å². The smallest absolute Gasteiger partial charge is 0.478 e. The number of carboxylic acids is 1. The maximum atomic E-state index is 11.6. The Kier molecular flexibility index (Phi) is 8.04. The molecule has 1 unspecified atom stereocenters. The SMILES string of the molecule is CC(C)OC(=O)OCOc1ccc(Cl)cc1C(Nc1ncccn1)c1ccc(C(=O)O)cc1. The Morgan fingerprint density at radius 1 is 1.09 bits per heavy atom. The van der Waals surface area contributed by atoms with E-state index in [9.17, 15) is 14.7 Å². The number of aromatic nitrogens is 2. The summed E-state index contributed by atoms with van der Waals surface area (Å²) in [4.78, 5) is 31.3. The molecular weight excluding hydrogens is 450 g/mol. The molecule has 0 amide bonds. The molecule has 0 bridgehead atoms. The van der Waals surface area contributed by atoms with E-state index in [1.807, 2.05) is 0 Å². The molecule has 172 valence electrons. The zero-order valence-corrected chi connectivity index (χ0v) is 18.7. The van der Waals surface area contributed by atoms with Crippen molar-refractivity contribution < 1.29 is 28.9 Å². The first-order valence-electron chi connectivity index (χ1n) is 9.96. The summed E-state index contributed by atoms with van der Waals surface area (Å²) >= 11 is 6.26. The minimum absolute atomic E-state index is 0.146. The van der Waals surface area contributed by atoms with E-state index < -0.39 is 18.2 Å². The Labute approximate surface area is 195 Å². The number of hydrogen-bond donors (Lipinski definition) is 2. The van der Waals surface area contributed by atoms with E-state index in [0.717, 1.165) is 0 Å². The van der Waals surface area contributed by atoms with Crippen molar-refractivity contribution in [2.24, 2.45) is 0 Å². The lowest BCUT2D eigenvalue weighted by molar-refractivity contribution is -0.00847. The molecule has 2 aromatic carbocycles. The van der Waals surface area contributed by atoms with Gasteiger partial charge in [0.25, 0.3) is 0 Å². The third-order valence-electron chi connectivity index (χ3n) is 4.34. The molecule has 3 rings (SSSR count). The van der Waals surface area contributed by atoms with E-state index in [1.54, 1.807) is 62.6 Å². The number of nitrogens with zero attached hydrogens (tertiary/aromatic N) is 2. The van der Waals surface area contributed by atoms with Gasteiger partial charge in [0.1, 0.15) is 5.75 Å². The number of nitrogens with one attached hydrogen (secondary N) is 1. The fraction of sp³-hybridized carbons (Fsp3) is 0.217. The molecule has 0 fully saturated rings. The highest BCUT2D eigenvalue weighted by Crippen LogP contribution is 2.34. The Hall–Kier alpha value is -3.85. The first-order valence-corrected chi connectivity index (χ1v) is 10.3. The lowest BCUT2D eigenvalue weighted by atomic mass is 9.97. The maximum absolute atomic E-state index is 11.6. The molecular formula is C23H22ClN3O6. The first kappa shape index (κ1) is 23.8. The van der Waals surface area contributed by atoms with Crippen molar-refractivity contribution in [3.05, 3.63) is 82.6 Å². The molecule has 0 saturated heterocycles. The molecule has 0 radical (unpaired) electrons. The van der Waals surface area contributed by atoms with Crippen LogP contribution in [0.1, 0.15) is 41.4 Å². The molecule has 33 heavy (non-hydrogen) atoms. The van der Waals surface area contributed by atoms with Gasteiger partial charge >= 0.3 is 12.1 Å². The topological polar surface area (TPSA) is 120 Å². The molecule has 1 aromatic heterocycles. The molecule has 2 N–H and O–H groups in total. The number of anilines is 1. The van der Waals surface area contributed by atoms with Gasteiger partial charge in [-0.3, -0.25) is 0 Å². The monoisotopic (exact) mass is 471 g/mol. The number of rotatable bonds is 9. The molecule has 3 aromatic rings. The summed E-state index contributed by atoms with van der Waals surface area (Å²) < 4.78 is 15.6. The minimum Gasteiger partial charge on any atom is -0.478 e. The molecule has 0 aliphatic carbocycles. The normalized spacial score (nSPS) is 11.5. The lowest BCUT2D eigenvalue weighted by Crippen LogP contribution is -2.18. The number of carbonyl (C=O) groups is 2. The molecule has 10 heteroatoms. The number of carboxylic acid groups (broad SMARTS) is 1. The van der Waals surface area contributed by atoms with Gasteiger partial charge in [0.05, 0.1) is 17.7 Å². The van der Waals surface area contributed by atoms with Crippen molar-refractivity contribution in [3.8, 4) is 5.75 Å². The van der Waals surface area contributed by atoms with Gasteiger partial charge in [-0.25, -0.2) is 19.6 Å². The highest BCUT2D eigenvalue weighted by Gasteiger charge is 2.21. The minimum atomic E-state index is -1.03. The molecule has 0 aliphatic rings. The van der Waals surface area contributed by atoms with Crippen LogP contribution in [-0.4, -0.2) is 40.1 Å². The summed E-state index contributed by atoms with van der Waals surface area (Å²) in [6.45, 7) is 3.03. The van der Waals surface area contributed by atoms with Gasteiger partial charge in [0.15, 0.2) is 0 Å². The summed E-state index contributed by atoms with van der Waals surface area (Å²) in [5, 5.41) is 12.9. The van der Waals surface area contributed by atoms with Crippen LogP contribution in [0.2, 0.25) is 5.02 Å². The number of benzene rings is 2. The number of halogens is 1.